The number of aromatic nitrogens is 1. The van der Waals surface area contributed by atoms with Gasteiger partial charge in [0.2, 0.25) is 0 Å². The molecule has 1 atom stereocenters. The first-order valence-corrected chi connectivity index (χ1v) is 4.16. The van der Waals surface area contributed by atoms with Crippen LogP contribution < -0.4 is 5.73 Å². The molecule has 0 spiro atoms. The Morgan fingerprint density at radius 2 is 2.50 bits per heavy atom. The fourth-order valence-corrected chi connectivity index (χ4v) is 0.845. The van der Waals surface area contributed by atoms with Crippen molar-refractivity contribution in [3.8, 4) is 0 Å². The molecule has 1 aromatic rings. The quantitative estimate of drug-likeness (QED) is 0.736. The molecule has 2 N–H and O–H groups in total. The Kier molecular flexibility index (Phi) is 3.48. The van der Waals surface area contributed by atoms with Crippen LogP contribution in [-0.2, 0) is 0 Å². The molecule has 1 aromatic heterocycles. The molecule has 0 bridgehead atoms. The summed E-state index contributed by atoms with van der Waals surface area (Å²) in [4.78, 5) is 4.00. The fourth-order valence-electron chi connectivity index (χ4n) is 0.845. The first kappa shape index (κ1) is 8.94. The standard InChI is InChI=1S/C10H14N2/c1-2-10(11)6-5-9-4-3-7-12-8-9/h3-8,10H,2,11H2,1H3/b6-5+. The zero-order valence-corrected chi connectivity index (χ0v) is 7.27. The Bertz CT molecular complexity index is 241. The van der Waals surface area contributed by atoms with Gasteiger partial charge >= 0.3 is 0 Å². The van der Waals surface area contributed by atoms with Gasteiger partial charge in [-0.3, -0.25) is 4.98 Å². The van der Waals surface area contributed by atoms with Gasteiger partial charge in [0.25, 0.3) is 0 Å². The number of nitrogens with two attached hydrogens (primary N) is 1. The third-order valence-electron chi connectivity index (χ3n) is 1.69. The van der Waals surface area contributed by atoms with E-state index in [4.69, 9.17) is 5.73 Å². The van der Waals surface area contributed by atoms with Crippen LogP contribution in [0.3, 0.4) is 0 Å². The summed E-state index contributed by atoms with van der Waals surface area (Å²) >= 11 is 0. The third kappa shape index (κ3) is 2.84. The van der Waals surface area contributed by atoms with Crippen molar-refractivity contribution in [2.24, 2.45) is 5.73 Å². The summed E-state index contributed by atoms with van der Waals surface area (Å²) in [7, 11) is 0. The van der Waals surface area contributed by atoms with Gasteiger partial charge in [-0.1, -0.05) is 25.1 Å². The summed E-state index contributed by atoms with van der Waals surface area (Å²) in [5, 5.41) is 0. The predicted molar refractivity (Wildman–Crippen MR) is 51.5 cm³/mol. The fraction of sp³-hybridized carbons (Fsp3) is 0.300. The van der Waals surface area contributed by atoms with Crippen LogP contribution >= 0.6 is 0 Å². The molecule has 0 radical (unpaired) electrons. The molecule has 0 aliphatic rings. The zero-order valence-electron chi connectivity index (χ0n) is 7.27. The van der Waals surface area contributed by atoms with Crippen molar-refractivity contribution in [2.45, 2.75) is 19.4 Å². The van der Waals surface area contributed by atoms with Gasteiger partial charge in [0, 0.05) is 18.4 Å². The molecule has 2 nitrogen and oxygen atoms in total. The lowest BCUT2D eigenvalue weighted by Gasteiger charge is -1.99. The monoisotopic (exact) mass is 162 g/mol. The van der Waals surface area contributed by atoms with Crippen LogP contribution in [0.25, 0.3) is 6.08 Å². The summed E-state index contributed by atoms with van der Waals surface area (Å²) < 4.78 is 0. The molecule has 12 heavy (non-hydrogen) atoms. The minimum atomic E-state index is 0.158. The molecule has 1 rings (SSSR count). The largest absolute Gasteiger partial charge is 0.324 e. The second-order valence-corrected chi connectivity index (χ2v) is 2.72. The summed E-state index contributed by atoms with van der Waals surface area (Å²) in [6.07, 6.45) is 8.55. The summed E-state index contributed by atoms with van der Waals surface area (Å²) in [5.41, 5.74) is 6.81. The maximum absolute atomic E-state index is 5.71. The van der Waals surface area contributed by atoms with Crippen LogP contribution in [0.5, 0.6) is 0 Å². The number of hydrogen-bond acceptors (Lipinski definition) is 2. The molecule has 0 aliphatic carbocycles. The molecule has 64 valence electrons. The van der Waals surface area contributed by atoms with Crippen molar-refractivity contribution in [2.75, 3.05) is 0 Å². The van der Waals surface area contributed by atoms with Gasteiger partial charge in [-0.25, -0.2) is 0 Å². The van der Waals surface area contributed by atoms with Crippen LogP contribution in [0.4, 0.5) is 0 Å². The molecule has 1 unspecified atom stereocenters. The molecular weight excluding hydrogens is 148 g/mol. The van der Waals surface area contributed by atoms with Crippen LogP contribution in [0.1, 0.15) is 18.9 Å². The van der Waals surface area contributed by atoms with Gasteiger partial charge in [0.05, 0.1) is 0 Å². The Balaban J connectivity index is 2.58. The van der Waals surface area contributed by atoms with Gasteiger partial charge in [-0.15, -0.1) is 0 Å². The lowest BCUT2D eigenvalue weighted by atomic mass is 10.2. The SMILES string of the molecule is CCC(N)/C=C/c1cccnc1. The van der Waals surface area contributed by atoms with Gasteiger partial charge < -0.3 is 5.73 Å². The van der Waals surface area contributed by atoms with Crippen LogP contribution in [-0.4, -0.2) is 11.0 Å². The predicted octanol–water partition coefficient (Wildman–Crippen LogP) is 1.83. The molecule has 2 heteroatoms. The highest BCUT2D eigenvalue weighted by atomic mass is 14.6. The number of pyridine rings is 1. The maximum Gasteiger partial charge on any atom is 0.0340 e. The minimum Gasteiger partial charge on any atom is -0.324 e. The Morgan fingerprint density at radius 3 is 3.08 bits per heavy atom. The van der Waals surface area contributed by atoms with Crippen molar-refractivity contribution < 1.29 is 0 Å². The Morgan fingerprint density at radius 1 is 1.67 bits per heavy atom. The number of hydrogen-bond donors (Lipinski definition) is 1. The topological polar surface area (TPSA) is 38.9 Å². The van der Waals surface area contributed by atoms with E-state index in [2.05, 4.69) is 11.9 Å². The highest BCUT2D eigenvalue weighted by Crippen LogP contribution is 2.00. The Hall–Kier alpha value is -1.15. The average Bonchev–Trinajstić information content (AvgIpc) is 2.16. The third-order valence-corrected chi connectivity index (χ3v) is 1.69. The summed E-state index contributed by atoms with van der Waals surface area (Å²) in [6, 6.07) is 4.08. The van der Waals surface area contributed by atoms with Crippen LogP contribution in [0, 0.1) is 0 Å². The average molecular weight is 162 g/mol. The molecule has 0 fully saturated rings. The maximum atomic E-state index is 5.71. The highest BCUT2D eigenvalue weighted by Gasteiger charge is 1.90. The van der Waals surface area contributed by atoms with E-state index in [1.54, 1.807) is 6.20 Å². The van der Waals surface area contributed by atoms with E-state index in [-0.39, 0.29) is 6.04 Å². The second-order valence-electron chi connectivity index (χ2n) is 2.72. The van der Waals surface area contributed by atoms with Gasteiger partial charge in [0.1, 0.15) is 0 Å². The van der Waals surface area contributed by atoms with Crippen LogP contribution in [0.15, 0.2) is 30.6 Å². The van der Waals surface area contributed by atoms with E-state index < -0.39 is 0 Å². The lowest BCUT2D eigenvalue weighted by molar-refractivity contribution is 0.785. The first-order chi connectivity index (χ1) is 5.83. The van der Waals surface area contributed by atoms with E-state index in [1.807, 2.05) is 30.5 Å². The smallest absolute Gasteiger partial charge is 0.0340 e. The van der Waals surface area contributed by atoms with E-state index in [0.717, 1.165) is 12.0 Å². The highest BCUT2D eigenvalue weighted by molar-refractivity contribution is 5.47. The lowest BCUT2D eigenvalue weighted by Crippen LogP contribution is -2.14. The van der Waals surface area contributed by atoms with Crippen molar-refractivity contribution in [3.63, 3.8) is 0 Å². The van der Waals surface area contributed by atoms with Crippen molar-refractivity contribution in [1.29, 1.82) is 0 Å². The molecule has 0 saturated carbocycles. The second kappa shape index (κ2) is 4.67. The molecule has 0 amide bonds. The zero-order chi connectivity index (χ0) is 8.81. The molecule has 0 saturated heterocycles. The van der Waals surface area contributed by atoms with Crippen molar-refractivity contribution in [1.82, 2.24) is 4.98 Å². The normalized spacial score (nSPS) is 13.5. The Labute approximate surface area is 73.1 Å². The van der Waals surface area contributed by atoms with Crippen molar-refractivity contribution in [3.05, 3.63) is 36.2 Å². The van der Waals surface area contributed by atoms with Crippen LogP contribution in [0.2, 0.25) is 0 Å². The van der Waals surface area contributed by atoms with Gasteiger partial charge in [-0.2, -0.15) is 0 Å². The summed E-state index contributed by atoms with van der Waals surface area (Å²) in [5.74, 6) is 0. The molecule has 0 aromatic carbocycles. The van der Waals surface area contributed by atoms with Crippen molar-refractivity contribution >= 4 is 6.08 Å². The summed E-state index contributed by atoms with van der Waals surface area (Å²) in [6.45, 7) is 2.07. The van der Waals surface area contributed by atoms with Gasteiger partial charge in [0.15, 0.2) is 0 Å². The molecule has 1 heterocycles. The van der Waals surface area contributed by atoms with E-state index in [1.165, 1.54) is 0 Å². The van der Waals surface area contributed by atoms with E-state index >= 15 is 0 Å². The molecule has 0 aliphatic heterocycles. The van der Waals surface area contributed by atoms with E-state index in [9.17, 15) is 0 Å². The number of nitrogens with zero attached hydrogens (tertiary/aromatic N) is 1. The van der Waals surface area contributed by atoms with E-state index in [0.29, 0.717) is 0 Å². The van der Waals surface area contributed by atoms with Gasteiger partial charge in [-0.05, 0) is 18.1 Å². The minimum absolute atomic E-state index is 0.158. The first-order valence-electron chi connectivity index (χ1n) is 4.16. The number of rotatable bonds is 3. The molecular formula is C10H14N2.